The van der Waals surface area contributed by atoms with Crippen molar-refractivity contribution >= 4 is 28.3 Å². The Morgan fingerprint density at radius 2 is 2.35 bits per heavy atom. The third-order valence-electron chi connectivity index (χ3n) is 3.07. The van der Waals surface area contributed by atoms with Crippen molar-refractivity contribution in [2.45, 2.75) is 32.7 Å². The fourth-order valence-electron chi connectivity index (χ4n) is 1.92. The molecule has 0 saturated carbocycles. The lowest BCUT2D eigenvalue weighted by molar-refractivity contribution is -0.121. The number of amides is 2. The van der Waals surface area contributed by atoms with E-state index in [1.54, 1.807) is 0 Å². The number of carbonyl (C=O) groups excluding carboxylic acids is 2. The molecule has 0 radical (unpaired) electrons. The summed E-state index contributed by atoms with van der Waals surface area (Å²) in [4.78, 5) is 27.6. The first-order valence-electron chi connectivity index (χ1n) is 6.80. The van der Waals surface area contributed by atoms with Gasteiger partial charge in [-0.05, 0) is 13.0 Å². The van der Waals surface area contributed by atoms with Crippen molar-refractivity contribution in [1.29, 1.82) is 0 Å². The minimum Gasteiger partial charge on any atom is -0.352 e. The molecule has 2 amide bonds. The molecule has 6 nitrogen and oxygen atoms in total. The Morgan fingerprint density at radius 1 is 1.55 bits per heavy atom. The highest BCUT2D eigenvalue weighted by Gasteiger charge is 2.17. The first-order valence-corrected chi connectivity index (χ1v) is 7.68. The van der Waals surface area contributed by atoms with Gasteiger partial charge in [0.1, 0.15) is 0 Å². The quantitative estimate of drug-likeness (QED) is 0.749. The average Bonchev–Trinajstić information content (AvgIpc) is 3.01. The minimum absolute atomic E-state index is 0.0225. The summed E-state index contributed by atoms with van der Waals surface area (Å²) in [6.07, 6.45) is 1.23. The summed E-state index contributed by atoms with van der Waals surface area (Å²) < 4.78 is 0. The Balaban J connectivity index is 1.82. The predicted octanol–water partition coefficient (Wildman–Crippen LogP) is 0.758. The Morgan fingerprint density at radius 3 is 3.00 bits per heavy atom. The molecular weight excluding hydrogens is 276 g/mol. The number of aromatic nitrogens is 1. The topological polar surface area (TPSA) is 83.1 Å². The van der Waals surface area contributed by atoms with Crippen LogP contribution in [0.15, 0.2) is 5.38 Å². The molecular formula is C13H20N4O2S. The van der Waals surface area contributed by atoms with Crippen LogP contribution in [0, 0.1) is 5.92 Å². The summed E-state index contributed by atoms with van der Waals surface area (Å²) in [5.74, 6) is -0.168. The first kappa shape index (κ1) is 14.9. The monoisotopic (exact) mass is 296 g/mol. The van der Waals surface area contributed by atoms with Crippen molar-refractivity contribution in [3.63, 3.8) is 0 Å². The van der Waals surface area contributed by atoms with E-state index in [2.05, 4.69) is 20.9 Å². The Kier molecular flexibility index (Phi) is 5.08. The summed E-state index contributed by atoms with van der Waals surface area (Å²) in [6.45, 7) is 5.44. The van der Waals surface area contributed by atoms with Gasteiger partial charge < -0.3 is 16.0 Å². The fourth-order valence-corrected chi connectivity index (χ4v) is 2.63. The maximum Gasteiger partial charge on any atom is 0.228 e. The molecule has 7 heteroatoms. The van der Waals surface area contributed by atoms with Crippen LogP contribution in [0.5, 0.6) is 0 Å². The number of hydrogen-bond donors (Lipinski definition) is 3. The second-order valence-electron chi connectivity index (χ2n) is 5.22. The number of nitrogens with one attached hydrogen (secondary N) is 3. The smallest absolute Gasteiger partial charge is 0.228 e. The van der Waals surface area contributed by atoms with Crippen LogP contribution in [0.1, 0.15) is 26.0 Å². The second-order valence-corrected chi connectivity index (χ2v) is 6.08. The lowest BCUT2D eigenvalue weighted by Gasteiger charge is -2.10. The summed E-state index contributed by atoms with van der Waals surface area (Å²) in [6, 6.07) is 0.223. The summed E-state index contributed by atoms with van der Waals surface area (Å²) in [5, 5.41) is 11.3. The van der Waals surface area contributed by atoms with E-state index in [4.69, 9.17) is 0 Å². The normalized spacial score (nSPS) is 18.2. The highest BCUT2D eigenvalue weighted by Crippen LogP contribution is 2.16. The number of carbonyl (C=O) groups is 2. The van der Waals surface area contributed by atoms with Crippen LogP contribution in [-0.4, -0.2) is 35.9 Å². The molecule has 1 aliphatic heterocycles. The third-order valence-corrected chi connectivity index (χ3v) is 3.88. The van der Waals surface area contributed by atoms with Gasteiger partial charge in [-0.2, -0.15) is 0 Å². The standard InChI is InChI=1S/C13H20N4O2S/c1-8(2)12(19)17-13-16-10(7-20-13)5-11(18)15-9-3-4-14-6-9/h7-9,14H,3-6H2,1-2H3,(H,15,18)(H,16,17,19). The van der Waals surface area contributed by atoms with Gasteiger partial charge in [0, 0.05) is 23.9 Å². The molecule has 20 heavy (non-hydrogen) atoms. The molecule has 1 unspecified atom stereocenters. The van der Waals surface area contributed by atoms with E-state index in [-0.39, 0.29) is 30.2 Å². The van der Waals surface area contributed by atoms with E-state index in [0.717, 1.165) is 19.5 Å². The number of anilines is 1. The Bertz CT molecular complexity index is 480. The van der Waals surface area contributed by atoms with Gasteiger partial charge in [-0.1, -0.05) is 13.8 Å². The van der Waals surface area contributed by atoms with Crippen molar-refractivity contribution in [3.05, 3.63) is 11.1 Å². The van der Waals surface area contributed by atoms with E-state index < -0.39 is 0 Å². The van der Waals surface area contributed by atoms with Gasteiger partial charge in [0.15, 0.2) is 5.13 Å². The maximum atomic E-state index is 11.8. The average molecular weight is 296 g/mol. The molecule has 1 fully saturated rings. The van der Waals surface area contributed by atoms with Crippen molar-refractivity contribution in [3.8, 4) is 0 Å². The van der Waals surface area contributed by atoms with E-state index in [1.165, 1.54) is 11.3 Å². The molecule has 0 bridgehead atoms. The molecule has 0 aromatic carbocycles. The van der Waals surface area contributed by atoms with E-state index >= 15 is 0 Å². The van der Waals surface area contributed by atoms with Crippen LogP contribution < -0.4 is 16.0 Å². The van der Waals surface area contributed by atoms with Crippen molar-refractivity contribution < 1.29 is 9.59 Å². The number of nitrogens with zero attached hydrogens (tertiary/aromatic N) is 1. The molecule has 1 aromatic rings. The number of rotatable bonds is 5. The molecule has 3 N–H and O–H groups in total. The van der Waals surface area contributed by atoms with Gasteiger partial charge in [-0.3, -0.25) is 9.59 Å². The van der Waals surface area contributed by atoms with Gasteiger partial charge in [-0.25, -0.2) is 4.98 Å². The van der Waals surface area contributed by atoms with Gasteiger partial charge in [0.25, 0.3) is 0 Å². The van der Waals surface area contributed by atoms with Crippen LogP contribution in [0.2, 0.25) is 0 Å². The zero-order valence-corrected chi connectivity index (χ0v) is 12.5. The second kappa shape index (κ2) is 6.81. The molecule has 0 spiro atoms. The minimum atomic E-state index is -0.0829. The first-order chi connectivity index (χ1) is 9.54. The number of thiazole rings is 1. The van der Waals surface area contributed by atoms with E-state index in [1.807, 2.05) is 19.2 Å². The van der Waals surface area contributed by atoms with Crippen LogP contribution in [-0.2, 0) is 16.0 Å². The van der Waals surface area contributed by atoms with Gasteiger partial charge in [0.05, 0.1) is 12.1 Å². The molecule has 2 heterocycles. The van der Waals surface area contributed by atoms with Crippen molar-refractivity contribution in [2.24, 2.45) is 5.92 Å². The molecule has 110 valence electrons. The number of hydrogen-bond acceptors (Lipinski definition) is 5. The van der Waals surface area contributed by atoms with E-state index in [9.17, 15) is 9.59 Å². The van der Waals surface area contributed by atoms with E-state index in [0.29, 0.717) is 10.8 Å². The summed E-state index contributed by atoms with van der Waals surface area (Å²) in [7, 11) is 0. The highest BCUT2D eigenvalue weighted by molar-refractivity contribution is 7.13. The fraction of sp³-hybridized carbons (Fsp3) is 0.615. The molecule has 0 aliphatic carbocycles. The predicted molar refractivity (Wildman–Crippen MR) is 78.7 cm³/mol. The van der Waals surface area contributed by atoms with Crippen molar-refractivity contribution in [1.82, 2.24) is 15.6 Å². The molecule has 1 aliphatic rings. The molecule has 1 atom stereocenters. The Hall–Kier alpha value is -1.47. The summed E-state index contributed by atoms with van der Waals surface area (Å²) in [5.41, 5.74) is 0.692. The van der Waals surface area contributed by atoms with Crippen LogP contribution in [0.25, 0.3) is 0 Å². The maximum absolute atomic E-state index is 11.8. The van der Waals surface area contributed by atoms with Gasteiger partial charge in [-0.15, -0.1) is 11.3 Å². The third kappa shape index (κ3) is 4.28. The molecule has 1 aromatic heterocycles. The van der Waals surface area contributed by atoms with Gasteiger partial charge >= 0.3 is 0 Å². The van der Waals surface area contributed by atoms with Crippen LogP contribution in [0.3, 0.4) is 0 Å². The zero-order chi connectivity index (χ0) is 14.5. The molecule has 2 rings (SSSR count). The van der Waals surface area contributed by atoms with Crippen LogP contribution >= 0.6 is 11.3 Å². The SMILES string of the molecule is CC(C)C(=O)Nc1nc(CC(=O)NC2CCNC2)cs1. The highest BCUT2D eigenvalue weighted by atomic mass is 32.1. The lowest BCUT2D eigenvalue weighted by Crippen LogP contribution is -2.37. The van der Waals surface area contributed by atoms with Crippen LogP contribution in [0.4, 0.5) is 5.13 Å². The zero-order valence-electron chi connectivity index (χ0n) is 11.7. The van der Waals surface area contributed by atoms with Gasteiger partial charge in [0.2, 0.25) is 11.8 Å². The molecule has 1 saturated heterocycles. The summed E-state index contributed by atoms with van der Waals surface area (Å²) >= 11 is 1.34. The van der Waals surface area contributed by atoms with Crippen molar-refractivity contribution in [2.75, 3.05) is 18.4 Å². The Labute approximate surface area is 122 Å². The lowest BCUT2D eigenvalue weighted by atomic mass is 10.2. The largest absolute Gasteiger partial charge is 0.352 e.